The van der Waals surface area contributed by atoms with E-state index in [4.69, 9.17) is 0 Å². The van der Waals surface area contributed by atoms with Gasteiger partial charge in [-0.25, -0.2) is 0 Å². The van der Waals surface area contributed by atoms with Crippen molar-refractivity contribution in [2.45, 2.75) is 18.9 Å². The van der Waals surface area contributed by atoms with Crippen LogP contribution in [0.25, 0.3) is 0 Å². The van der Waals surface area contributed by atoms with Crippen LogP contribution >= 0.6 is 11.3 Å². The minimum atomic E-state index is -0.461. The first-order chi connectivity index (χ1) is 11.1. The van der Waals surface area contributed by atoms with Crippen LogP contribution in [0.5, 0.6) is 0 Å². The van der Waals surface area contributed by atoms with Gasteiger partial charge in [-0.15, -0.1) is 0 Å². The lowest BCUT2D eigenvalue weighted by Crippen LogP contribution is -2.44. The van der Waals surface area contributed by atoms with Gasteiger partial charge < -0.3 is 10.2 Å². The van der Waals surface area contributed by atoms with Gasteiger partial charge in [0, 0.05) is 30.9 Å². The Kier molecular flexibility index (Phi) is 4.57. The molecule has 23 heavy (non-hydrogen) atoms. The molecule has 1 fully saturated rings. The van der Waals surface area contributed by atoms with Crippen molar-refractivity contribution in [3.8, 4) is 0 Å². The van der Waals surface area contributed by atoms with E-state index in [1.807, 2.05) is 30.3 Å². The van der Waals surface area contributed by atoms with Gasteiger partial charge in [0.1, 0.15) is 0 Å². The van der Waals surface area contributed by atoms with Crippen LogP contribution < -0.4 is 5.32 Å². The molecule has 2 heterocycles. The Morgan fingerprint density at radius 2 is 2.04 bits per heavy atom. The van der Waals surface area contributed by atoms with Gasteiger partial charge >= 0.3 is 5.00 Å². The van der Waals surface area contributed by atoms with Crippen molar-refractivity contribution < 1.29 is 9.72 Å². The summed E-state index contributed by atoms with van der Waals surface area (Å²) in [5, 5.41) is 14.2. The molecule has 1 saturated heterocycles. The molecule has 2 aromatic rings. The Balaban J connectivity index is 1.65. The van der Waals surface area contributed by atoms with Crippen molar-refractivity contribution in [2.75, 3.05) is 18.4 Å². The monoisotopic (exact) mass is 331 g/mol. The first kappa shape index (κ1) is 15.5. The Hall–Kier alpha value is -2.41. The van der Waals surface area contributed by atoms with E-state index in [0.717, 1.165) is 29.9 Å². The number of piperidine rings is 1. The molecule has 1 amide bonds. The number of carbonyl (C=O) groups is 1. The van der Waals surface area contributed by atoms with Crippen LogP contribution in [0.2, 0.25) is 0 Å². The van der Waals surface area contributed by atoms with E-state index in [1.165, 1.54) is 6.07 Å². The van der Waals surface area contributed by atoms with Gasteiger partial charge in [0.25, 0.3) is 5.91 Å². The second-order valence-corrected chi connectivity index (χ2v) is 6.56. The van der Waals surface area contributed by atoms with Crippen molar-refractivity contribution in [3.05, 3.63) is 57.5 Å². The number of nitro groups is 1. The average molecular weight is 331 g/mol. The number of benzene rings is 1. The predicted octanol–water partition coefficient (Wildman–Crippen LogP) is 3.37. The quantitative estimate of drug-likeness (QED) is 0.688. The van der Waals surface area contributed by atoms with Gasteiger partial charge in [0.05, 0.1) is 9.80 Å². The zero-order valence-corrected chi connectivity index (χ0v) is 13.3. The second-order valence-electron chi connectivity index (χ2n) is 5.50. The zero-order chi connectivity index (χ0) is 16.2. The van der Waals surface area contributed by atoms with Crippen molar-refractivity contribution in [1.29, 1.82) is 0 Å². The lowest BCUT2D eigenvalue weighted by Gasteiger charge is -2.33. The topological polar surface area (TPSA) is 75.5 Å². The summed E-state index contributed by atoms with van der Waals surface area (Å²) in [5.41, 5.74) is 1.04. The third-order valence-electron chi connectivity index (χ3n) is 3.84. The first-order valence-corrected chi connectivity index (χ1v) is 8.30. The molecule has 1 N–H and O–H groups in total. The van der Waals surface area contributed by atoms with Crippen LogP contribution in [0.3, 0.4) is 0 Å². The summed E-state index contributed by atoms with van der Waals surface area (Å²) in [6.07, 6.45) is 1.92. The molecule has 0 unspecified atom stereocenters. The Bertz CT molecular complexity index is 702. The number of carbonyl (C=O) groups excluding carboxylic acids is 1. The van der Waals surface area contributed by atoms with Crippen LogP contribution in [0.1, 0.15) is 22.5 Å². The molecule has 7 heteroatoms. The highest BCUT2D eigenvalue weighted by molar-refractivity contribution is 7.17. The van der Waals surface area contributed by atoms with E-state index in [1.54, 1.807) is 11.0 Å². The highest BCUT2D eigenvalue weighted by Gasteiger charge is 2.26. The maximum Gasteiger partial charge on any atom is 0.324 e. The van der Waals surface area contributed by atoms with Crippen LogP contribution in [-0.2, 0) is 0 Å². The van der Waals surface area contributed by atoms with Crippen molar-refractivity contribution in [1.82, 2.24) is 4.90 Å². The smallest absolute Gasteiger partial charge is 0.324 e. The maximum absolute atomic E-state index is 12.5. The number of anilines is 1. The molecule has 3 rings (SSSR count). The lowest BCUT2D eigenvalue weighted by molar-refractivity contribution is -0.380. The minimum Gasteiger partial charge on any atom is -0.381 e. The molecule has 0 radical (unpaired) electrons. The number of hydrogen-bond donors (Lipinski definition) is 1. The van der Waals surface area contributed by atoms with E-state index >= 15 is 0 Å². The van der Waals surface area contributed by atoms with E-state index < -0.39 is 4.92 Å². The summed E-state index contributed by atoms with van der Waals surface area (Å²) < 4.78 is 0. The van der Waals surface area contributed by atoms with Crippen LogP contribution in [0.15, 0.2) is 42.5 Å². The largest absolute Gasteiger partial charge is 0.381 e. The van der Waals surface area contributed by atoms with Gasteiger partial charge in [-0.3, -0.25) is 14.9 Å². The number of para-hydroxylation sites is 1. The number of likely N-dealkylation sites (tertiary alicyclic amines) is 1. The fraction of sp³-hybridized carbons (Fsp3) is 0.312. The number of amides is 1. The molecule has 0 bridgehead atoms. The van der Waals surface area contributed by atoms with Crippen LogP contribution in [0, 0.1) is 10.1 Å². The summed E-state index contributed by atoms with van der Waals surface area (Å²) >= 11 is 0.937. The van der Waals surface area contributed by atoms with Crippen molar-refractivity contribution in [3.63, 3.8) is 0 Å². The van der Waals surface area contributed by atoms with Gasteiger partial charge in [-0.1, -0.05) is 29.5 Å². The van der Waals surface area contributed by atoms with Crippen LogP contribution in [-0.4, -0.2) is 34.9 Å². The molecular formula is C16H17N3O3S. The Morgan fingerprint density at radius 1 is 1.26 bits per heavy atom. The van der Waals surface area contributed by atoms with Crippen LogP contribution in [0.4, 0.5) is 10.7 Å². The molecule has 120 valence electrons. The molecule has 1 aromatic heterocycles. The van der Waals surface area contributed by atoms with E-state index in [0.29, 0.717) is 18.0 Å². The molecule has 6 nitrogen and oxygen atoms in total. The fourth-order valence-electron chi connectivity index (χ4n) is 2.75. The summed E-state index contributed by atoms with van der Waals surface area (Å²) in [4.78, 5) is 25.0. The highest BCUT2D eigenvalue weighted by atomic mass is 32.1. The summed E-state index contributed by atoms with van der Waals surface area (Å²) in [6.45, 7) is 1.30. The van der Waals surface area contributed by atoms with Gasteiger partial charge in [0.2, 0.25) is 0 Å². The number of nitrogens with one attached hydrogen (secondary N) is 1. The van der Waals surface area contributed by atoms with E-state index in [2.05, 4.69) is 5.32 Å². The van der Waals surface area contributed by atoms with Gasteiger partial charge in [-0.05, 0) is 31.0 Å². The third-order valence-corrected chi connectivity index (χ3v) is 4.86. The standard InChI is InChI=1S/C16H17N3O3S/c20-16(14-8-9-15(23-14)19(21)22)18-10-4-7-13(11-18)17-12-5-2-1-3-6-12/h1-3,5-6,8-9,13,17H,4,7,10-11H2/t13-/m0/s1. The molecule has 1 aliphatic heterocycles. The minimum absolute atomic E-state index is 0.00400. The first-order valence-electron chi connectivity index (χ1n) is 7.48. The fourth-order valence-corrected chi connectivity index (χ4v) is 3.53. The third kappa shape index (κ3) is 3.68. The predicted molar refractivity (Wildman–Crippen MR) is 90.0 cm³/mol. The van der Waals surface area contributed by atoms with E-state index in [9.17, 15) is 14.9 Å². The SMILES string of the molecule is O=C(c1ccc([N+](=O)[O-])s1)N1CCC[C@H](Nc2ccccc2)C1. The van der Waals surface area contributed by atoms with Crippen molar-refractivity contribution in [2.24, 2.45) is 0 Å². The lowest BCUT2D eigenvalue weighted by atomic mass is 10.0. The van der Waals surface area contributed by atoms with Gasteiger partial charge in [-0.2, -0.15) is 0 Å². The maximum atomic E-state index is 12.5. The average Bonchev–Trinajstić information content (AvgIpc) is 3.06. The molecule has 1 atom stereocenters. The summed E-state index contributed by atoms with van der Waals surface area (Å²) in [5.74, 6) is -0.123. The Morgan fingerprint density at radius 3 is 2.74 bits per heavy atom. The normalized spacial score (nSPS) is 17.7. The molecule has 0 spiro atoms. The Labute approximate surface area is 137 Å². The van der Waals surface area contributed by atoms with Crippen molar-refractivity contribution >= 4 is 27.9 Å². The number of thiophene rings is 1. The number of hydrogen-bond acceptors (Lipinski definition) is 5. The number of rotatable bonds is 4. The summed E-state index contributed by atoms with van der Waals surface area (Å²) in [6, 6.07) is 13.0. The molecule has 1 aromatic carbocycles. The molecular weight excluding hydrogens is 314 g/mol. The highest BCUT2D eigenvalue weighted by Crippen LogP contribution is 2.26. The molecule has 1 aliphatic rings. The summed E-state index contributed by atoms with van der Waals surface area (Å²) in [7, 11) is 0. The van der Waals surface area contributed by atoms with Gasteiger partial charge in [0.15, 0.2) is 0 Å². The number of nitrogens with zero attached hydrogens (tertiary/aromatic N) is 2. The van der Waals surface area contributed by atoms with E-state index in [-0.39, 0.29) is 17.0 Å². The second kappa shape index (κ2) is 6.78. The zero-order valence-electron chi connectivity index (χ0n) is 12.5. The molecule has 0 aliphatic carbocycles. The molecule has 0 saturated carbocycles.